The van der Waals surface area contributed by atoms with E-state index in [1.807, 2.05) is 16.7 Å². The highest BCUT2D eigenvalue weighted by molar-refractivity contribution is 8.00. The van der Waals surface area contributed by atoms with E-state index < -0.39 is 0 Å². The Morgan fingerprint density at radius 3 is 2.50 bits per heavy atom. The smallest absolute Gasteiger partial charge is 0.317 e. The zero-order valence-electron chi connectivity index (χ0n) is 13.6. The van der Waals surface area contributed by atoms with Crippen molar-refractivity contribution in [3.05, 3.63) is 12.2 Å². The lowest BCUT2D eigenvalue weighted by Gasteiger charge is -2.37. The van der Waals surface area contributed by atoms with Crippen LogP contribution in [0.25, 0.3) is 0 Å². The molecule has 2 amide bonds. The fourth-order valence-electron chi connectivity index (χ4n) is 3.95. The van der Waals surface area contributed by atoms with Gasteiger partial charge in [-0.1, -0.05) is 19.1 Å². The van der Waals surface area contributed by atoms with Gasteiger partial charge in [0.15, 0.2) is 0 Å². The van der Waals surface area contributed by atoms with Gasteiger partial charge in [0, 0.05) is 37.6 Å². The molecule has 0 saturated carbocycles. The SMILES string of the molecule is CCSC1(CNC(=O)N2C[C@H]3CC=CC[C@@H]3C2)CCOCC1. The first-order valence-corrected chi connectivity index (χ1v) is 9.60. The predicted molar refractivity (Wildman–Crippen MR) is 91.2 cm³/mol. The lowest BCUT2D eigenvalue weighted by Crippen LogP contribution is -2.48. The molecule has 0 aromatic carbocycles. The molecule has 2 fully saturated rings. The van der Waals surface area contributed by atoms with Gasteiger partial charge in [-0.3, -0.25) is 0 Å². The molecule has 0 aromatic rings. The average molecular weight is 324 g/mol. The van der Waals surface area contributed by atoms with E-state index in [1.54, 1.807) is 0 Å². The van der Waals surface area contributed by atoms with Crippen molar-refractivity contribution >= 4 is 17.8 Å². The molecule has 3 aliphatic rings. The molecule has 2 aliphatic heterocycles. The summed E-state index contributed by atoms with van der Waals surface area (Å²) < 4.78 is 5.68. The minimum Gasteiger partial charge on any atom is -0.381 e. The van der Waals surface area contributed by atoms with Crippen LogP contribution in [0.4, 0.5) is 4.79 Å². The molecule has 4 nitrogen and oxygen atoms in total. The van der Waals surface area contributed by atoms with Crippen molar-refractivity contribution in [1.29, 1.82) is 0 Å². The summed E-state index contributed by atoms with van der Waals surface area (Å²) in [5, 5.41) is 3.22. The summed E-state index contributed by atoms with van der Waals surface area (Å²) in [5.41, 5.74) is 0. The largest absolute Gasteiger partial charge is 0.381 e. The van der Waals surface area contributed by atoms with Crippen LogP contribution in [-0.4, -0.2) is 54.3 Å². The molecular formula is C17H28N2O2S. The maximum Gasteiger partial charge on any atom is 0.317 e. The molecule has 0 unspecified atom stereocenters. The summed E-state index contributed by atoms with van der Waals surface area (Å²) in [6.07, 6.45) is 8.92. The first-order valence-electron chi connectivity index (χ1n) is 8.62. The van der Waals surface area contributed by atoms with Crippen molar-refractivity contribution in [3.8, 4) is 0 Å². The number of ether oxygens (including phenoxy) is 1. The van der Waals surface area contributed by atoms with Crippen LogP contribution in [0.5, 0.6) is 0 Å². The summed E-state index contributed by atoms with van der Waals surface area (Å²) in [7, 11) is 0. The van der Waals surface area contributed by atoms with Gasteiger partial charge >= 0.3 is 6.03 Å². The number of allylic oxidation sites excluding steroid dienone is 2. The number of carbonyl (C=O) groups excluding carboxylic acids is 1. The molecule has 3 rings (SSSR count). The zero-order chi connectivity index (χ0) is 15.4. The number of hydrogen-bond donors (Lipinski definition) is 1. The molecule has 1 N–H and O–H groups in total. The lowest BCUT2D eigenvalue weighted by molar-refractivity contribution is 0.0772. The maximum atomic E-state index is 12.5. The van der Waals surface area contributed by atoms with Crippen molar-refractivity contribution in [2.24, 2.45) is 11.8 Å². The second kappa shape index (κ2) is 7.26. The van der Waals surface area contributed by atoms with Crippen molar-refractivity contribution in [1.82, 2.24) is 10.2 Å². The van der Waals surface area contributed by atoms with Gasteiger partial charge in [0.05, 0.1) is 0 Å². The molecule has 0 bridgehead atoms. The van der Waals surface area contributed by atoms with Gasteiger partial charge in [0.2, 0.25) is 0 Å². The third kappa shape index (κ3) is 3.62. The molecule has 0 aromatic heterocycles. The van der Waals surface area contributed by atoms with Gasteiger partial charge in [-0.25, -0.2) is 4.79 Å². The quantitative estimate of drug-likeness (QED) is 0.809. The minimum absolute atomic E-state index is 0.136. The Labute approximate surface area is 138 Å². The normalized spacial score (nSPS) is 30.1. The molecule has 5 heteroatoms. The third-order valence-electron chi connectivity index (χ3n) is 5.32. The van der Waals surface area contributed by atoms with Gasteiger partial charge in [-0.2, -0.15) is 11.8 Å². The Bertz CT molecular complexity index is 399. The van der Waals surface area contributed by atoms with Gasteiger partial charge in [-0.05, 0) is 43.3 Å². The Hall–Kier alpha value is -0.680. The molecule has 124 valence electrons. The number of carbonyl (C=O) groups is 1. The van der Waals surface area contributed by atoms with Gasteiger partial charge in [0.25, 0.3) is 0 Å². The first kappa shape index (κ1) is 16.2. The van der Waals surface area contributed by atoms with Crippen LogP contribution in [0.1, 0.15) is 32.6 Å². The van der Waals surface area contributed by atoms with Crippen LogP contribution < -0.4 is 5.32 Å². The summed E-state index contributed by atoms with van der Waals surface area (Å²) >= 11 is 1.98. The predicted octanol–water partition coefficient (Wildman–Crippen LogP) is 2.90. The van der Waals surface area contributed by atoms with Crippen LogP contribution in [0, 0.1) is 11.8 Å². The van der Waals surface area contributed by atoms with Crippen molar-refractivity contribution in [2.45, 2.75) is 37.4 Å². The van der Waals surface area contributed by atoms with Crippen molar-refractivity contribution in [3.63, 3.8) is 0 Å². The second-order valence-electron chi connectivity index (χ2n) is 6.76. The number of rotatable bonds is 4. The Morgan fingerprint density at radius 1 is 1.27 bits per heavy atom. The number of hydrogen-bond acceptors (Lipinski definition) is 3. The summed E-state index contributed by atoms with van der Waals surface area (Å²) in [6.45, 7) is 6.47. The summed E-state index contributed by atoms with van der Waals surface area (Å²) in [4.78, 5) is 14.6. The van der Waals surface area contributed by atoms with E-state index in [0.717, 1.165) is 64.3 Å². The number of thioether (sulfide) groups is 1. The molecule has 0 radical (unpaired) electrons. The topological polar surface area (TPSA) is 41.6 Å². The number of fused-ring (bicyclic) bond motifs is 1. The lowest BCUT2D eigenvalue weighted by atomic mass is 9.86. The third-order valence-corrected chi connectivity index (χ3v) is 6.78. The second-order valence-corrected chi connectivity index (χ2v) is 8.49. The Morgan fingerprint density at radius 2 is 1.91 bits per heavy atom. The van der Waals surface area contributed by atoms with E-state index >= 15 is 0 Å². The first-order chi connectivity index (χ1) is 10.7. The number of likely N-dealkylation sites (tertiary alicyclic amines) is 1. The van der Waals surface area contributed by atoms with Crippen LogP contribution >= 0.6 is 11.8 Å². The standard InChI is InChI=1S/C17H28N2O2S/c1-2-22-17(7-9-21-10-8-17)13-18-16(20)19-11-14-5-3-4-6-15(14)12-19/h3-4,14-15H,2,5-13H2,1H3,(H,18,20)/t14-,15-/m1/s1. The highest BCUT2D eigenvalue weighted by Crippen LogP contribution is 2.35. The molecule has 1 aliphatic carbocycles. The van der Waals surface area contributed by atoms with E-state index in [0.29, 0.717) is 11.8 Å². The maximum absolute atomic E-state index is 12.5. The molecule has 0 spiro atoms. The van der Waals surface area contributed by atoms with Gasteiger partial charge < -0.3 is 15.0 Å². The van der Waals surface area contributed by atoms with Gasteiger partial charge in [0.1, 0.15) is 0 Å². The monoisotopic (exact) mass is 324 g/mol. The summed E-state index contributed by atoms with van der Waals surface area (Å²) in [6, 6.07) is 0.136. The fourth-order valence-corrected chi connectivity index (χ4v) is 5.19. The van der Waals surface area contributed by atoms with E-state index in [4.69, 9.17) is 4.74 Å². The minimum atomic E-state index is 0.136. The number of amides is 2. The molecule has 2 saturated heterocycles. The van der Waals surface area contributed by atoms with Crippen LogP contribution in [0.3, 0.4) is 0 Å². The molecular weight excluding hydrogens is 296 g/mol. The highest BCUT2D eigenvalue weighted by Gasteiger charge is 2.37. The summed E-state index contributed by atoms with van der Waals surface area (Å²) in [5.74, 6) is 2.45. The van der Waals surface area contributed by atoms with Crippen LogP contribution in [-0.2, 0) is 4.74 Å². The van der Waals surface area contributed by atoms with E-state index in [9.17, 15) is 4.79 Å². The number of urea groups is 1. The molecule has 22 heavy (non-hydrogen) atoms. The van der Waals surface area contributed by atoms with Crippen molar-refractivity contribution in [2.75, 3.05) is 38.6 Å². The van der Waals surface area contributed by atoms with Crippen molar-refractivity contribution < 1.29 is 9.53 Å². The van der Waals surface area contributed by atoms with Crippen LogP contribution in [0.15, 0.2) is 12.2 Å². The van der Waals surface area contributed by atoms with Gasteiger partial charge in [-0.15, -0.1) is 0 Å². The number of nitrogens with zero attached hydrogens (tertiary/aromatic N) is 1. The average Bonchev–Trinajstić information content (AvgIpc) is 2.98. The zero-order valence-corrected chi connectivity index (χ0v) is 14.4. The van der Waals surface area contributed by atoms with E-state index in [1.165, 1.54) is 0 Å². The van der Waals surface area contributed by atoms with E-state index in [2.05, 4.69) is 24.4 Å². The highest BCUT2D eigenvalue weighted by atomic mass is 32.2. The van der Waals surface area contributed by atoms with E-state index in [-0.39, 0.29) is 10.8 Å². The number of nitrogens with one attached hydrogen (secondary N) is 1. The van der Waals surface area contributed by atoms with Crippen LogP contribution in [0.2, 0.25) is 0 Å². The Balaban J connectivity index is 1.51. The molecule has 2 atom stereocenters. The fraction of sp³-hybridized carbons (Fsp3) is 0.824. The Kier molecular flexibility index (Phi) is 5.34. The molecule has 2 heterocycles.